The summed E-state index contributed by atoms with van der Waals surface area (Å²) in [5, 5.41) is 0. The van der Waals surface area contributed by atoms with Gasteiger partial charge in [-0.25, -0.2) is 0 Å². The number of hydrogen-bond donors (Lipinski definition) is 0. The number of hydrogen-bond acceptors (Lipinski definition) is 2. The van der Waals surface area contributed by atoms with Gasteiger partial charge in [-0.2, -0.15) is 0 Å². The molecule has 2 nitrogen and oxygen atoms in total. The second kappa shape index (κ2) is 5.60. The molecule has 0 N–H and O–H groups in total. The average molecular weight is 224 g/mol. The zero-order valence-corrected chi connectivity index (χ0v) is 11.0. The van der Waals surface area contributed by atoms with Crippen LogP contribution in [-0.2, 0) is 9.59 Å². The van der Waals surface area contributed by atoms with E-state index in [-0.39, 0.29) is 17.5 Å². The smallest absolute Gasteiger partial charge is 0.201 e. The van der Waals surface area contributed by atoms with Crippen molar-refractivity contribution >= 4 is 11.6 Å². The van der Waals surface area contributed by atoms with Gasteiger partial charge in [-0.3, -0.25) is 9.59 Å². The summed E-state index contributed by atoms with van der Waals surface area (Å²) < 4.78 is 0. The Morgan fingerprint density at radius 3 is 2.19 bits per heavy atom. The van der Waals surface area contributed by atoms with Crippen LogP contribution < -0.4 is 0 Å². The molecule has 0 aromatic heterocycles. The third-order valence-corrected chi connectivity index (χ3v) is 4.40. The van der Waals surface area contributed by atoms with Crippen molar-refractivity contribution in [2.75, 3.05) is 0 Å². The van der Waals surface area contributed by atoms with E-state index in [1.165, 1.54) is 0 Å². The lowest BCUT2D eigenvalue weighted by atomic mass is 9.69. The quantitative estimate of drug-likeness (QED) is 0.687. The molecule has 16 heavy (non-hydrogen) atoms. The van der Waals surface area contributed by atoms with Crippen LogP contribution in [0.25, 0.3) is 0 Å². The van der Waals surface area contributed by atoms with Crippen LogP contribution in [0, 0.1) is 23.7 Å². The average Bonchev–Trinajstić information content (AvgIpc) is 2.30. The van der Waals surface area contributed by atoms with Gasteiger partial charge >= 0.3 is 0 Å². The zero-order valence-electron chi connectivity index (χ0n) is 11.0. The lowest BCUT2D eigenvalue weighted by Gasteiger charge is -2.33. The molecule has 4 atom stereocenters. The van der Waals surface area contributed by atoms with Gasteiger partial charge in [0.1, 0.15) is 0 Å². The Bertz CT molecular complexity index is 270. The highest BCUT2D eigenvalue weighted by Gasteiger charge is 2.38. The Balaban J connectivity index is 2.77. The molecule has 0 bridgehead atoms. The molecule has 0 aromatic rings. The van der Waals surface area contributed by atoms with Crippen LogP contribution in [-0.4, -0.2) is 11.6 Å². The summed E-state index contributed by atoms with van der Waals surface area (Å²) in [5.41, 5.74) is 0. The van der Waals surface area contributed by atoms with Gasteiger partial charge in [0.05, 0.1) is 0 Å². The van der Waals surface area contributed by atoms with Crippen molar-refractivity contribution in [3.05, 3.63) is 0 Å². The maximum atomic E-state index is 11.8. The number of rotatable bonds is 4. The first-order chi connectivity index (χ1) is 7.51. The molecule has 0 aromatic carbocycles. The zero-order chi connectivity index (χ0) is 12.3. The fraction of sp³-hybridized carbons (Fsp3) is 0.857. The number of ketones is 2. The molecule has 4 unspecified atom stereocenters. The van der Waals surface area contributed by atoms with Crippen LogP contribution in [0.5, 0.6) is 0 Å². The van der Waals surface area contributed by atoms with Crippen LogP contribution in [0.15, 0.2) is 0 Å². The molecule has 1 rings (SSSR count). The Hall–Kier alpha value is -0.660. The number of carbonyl (C=O) groups excluding carboxylic acids is 2. The summed E-state index contributed by atoms with van der Waals surface area (Å²) >= 11 is 0. The lowest BCUT2D eigenvalue weighted by Crippen LogP contribution is -2.38. The maximum Gasteiger partial charge on any atom is 0.201 e. The molecule has 0 amide bonds. The monoisotopic (exact) mass is 224 g/mol. The maximum absolute atomic E-state index is 11.8. The van der Waals surface area contributed by atoms with E-state index in [4.69, 9.17) is 0 Å². The predicted octanol–water partition coefficient (Wildman–Crippen LogP) is 3.24. The SMILES string of the molecule is CCC(C)C1CC(=O)C(=O)C(C(C)CC)C1. The molecule has 1 fully saturated rings. The Labute approximate surface area is 98.8 Å². The third kappa shape index (κ3) is 2.72. The molecule has 0 saturated heterocycles. The molecular weight excluding hydrogens is 200 g/mol. The molecule has 1 aliphatic carbocycles. The van der Waals surface area contributed by atoms with Crippen molar-refractivity contribution in [3.8, 4) is 0 Å². The van der Waals surface area contributed by atoms with E-state index in [0.717, 1.165) is 19.3 Å². The molecule has 1 aliphatic rings. The third-order valence-electron chi connectivity index (χ3n) is 4.40. The second-order valence-electron chi connectivity index (χ2n) is 5.36. The van der Waals surface area contributed by atoms with Gasteiger partial charge in [0.15, 0.2) is 5.78 Å². The summed E-state index contributed by atoms with van der Waals surface area (Å²) in [5.74, 6) is 1.10. The molecule has 92 valence electrons. The fourth-order valence-corrected chi connectivity index (χ4v) is 2.60. The van der Waals surface area contributed by atoms with Gasteiger partial charge in [-0.1, -0.05) is 40.5 Å². The van der Waals surface area contributed by atoms with Gasteiger partial charge in [0.25, 0.3) is 0 Å². The Kier molecular flexibility index (Phi) is 4.69. The number of Topliss-reactive ketones (excluding diaryl/α,β-unsaturated/α-hetero) is 2. The predicted molar refractivity (Wildman–Crippen MR) is 65.1 cm³/mol. The minimum Gasteiger partial charge on any atom is -0.291 e. The molecule has 0 aliphatic heterocycles. The minimum absolute atomic E-state index is 0.00903. The highest BCUT2D eigenvalue weighted by atomic mass is 16.2. The minimum atomic E-state index is -0.123. The molecule has 0 spiro atoms. The van der Waals surface area contributed by atoms with Gasteiger partial charge < -0.3 is 0 Å². The van der Waals surface area contributed by atoms with Gasteiger partial charge in [0, 0.05) is 12.3 Å². The van der Waals surface area contributed by atoms with E-state index in [2.05, 4.69) is 27.7 Å². The van der Waals surface area contributed by atoms with E-state index in [0.29, 0.717) is 24.2 Å². The molecule has 0 heterocycles. The van der Waals surface area contributed by atoms with Crippen LogP contribution in [0.2, 0.25) is 0 Å². The Morgan fingerprint density at radius 2 is 1.69 bits per heavy atom. The summed E-state index contributed by atoms with van der Waals surface area (Å²) in [6, 6.07) is 0. The molecule has 0 radical (unpaired) electrons. The van der Waals surface area contributed by atoms with E-state index < -0.39 is 0 Å². The molecule has 2 heteroatoms. The van der Waals surface area contributed by atoms with Gasteiger partial charge in [-0.15, -0.1) is 0 Å². The first-order valence-corrected chi connectivity index (χ1v) is 6.58. The van der Waals surface area contributed by atoms with Crippen molar-refractivity contribution in [2.45, 2.75) is 53.4 Å². The van der Waals surface area contributed by atoms with Gasteiger partial charge in [0.2, 0.25) is 5.78 Å². The summed E-state index contributed by atoms with van der Waals surface area (Å²) in [7, 11) is 0. The highest BCUT2D eigenvalue weighted by Crippen LogP contribution is 2.35. The van der Waals surface area contributed by atoms with E-state index in [1.807, 2.05) is 0 Å². The normalized spacial score (nSPS) is 30.2. The summed E-state index contributed by atoms with van der Waals surface area (Å²) in [6.07, 6.45) is 3.49. The van der Waals surface area contributed by atoms with E-state index in [1.54, 1.807) is 0 Å². The second-order valence-corrected chi connectivity index (χ2v) is 5.36. The largest absolute Gasteiger partial charge is 0.291 e. The van der Waals surface area contributed by atoms with Crippen molar-refractivity contribution in [2.24, 2.45) is 23.7 Å². The first-order valence-electron chi connectivity index (χ1n) is 6.58. The molecule has 1 saturated carbocycles. The summed E-state index contributed by atoms with van der Waals surface area (Å²) in [4.78, 5) is 23.5. The lowest BCUT2D eigenvalue weighted by molar-refractivity contribution is -0.144. The molecular formula is C14H24O2. The van der Waals surface area contributed by atoms with Crippen LogP contribution >= 0.6 is 0 Å². The van der Waals surface area contributed by atoms with Crippen LogP contribution in [0.4, 0.5) is 0 Å². The van der Waals surface area contributed by atoms with Crippen molar-refractivity contribution in [1.82, 2.24) is 0 Å². The number of carbonyl (C=O) groups is 2. The highest BCUT2D eigenvalue weighted by molar-refractivity contribution is 6.38. The van der Waals surface area contributed by atoms with Crippen LogP contribution in [0.3, 0.4) is 0 Å². The van der Waals surface area contributed by atoms with E-state index >= 15 is 0 Å². The standard InChI is InChI=1S/C14H24O2/c1-5-9(3)11-7-12(10(4)6-2)14(16)13(15)8-11/h9-12H,5-8H2,1-4H3. The fourth-order valence-electron chi connectivity index (χ4n) is 2.60. The van der Waals surface area contributed by atoms with Crippen molar-refractivity contribution in [1.29, 1.82) is 0 Å². The van der Waals surface area contributed by atoms with Crippen molar-refractivity contribution < 1.29 is 9.59 Å². The topological polar surface area (TPSA) is 34.1 Å². The summed E-state index contributed by atoms with van der Waals surface area (Å²) in [6.45, 7) is 8.54. The van der Waals surface area contributed by atoms with Gasteiger partial charge in [-0.05, 0) is 24.2 Å². The van der Waals surface area contributed by atoms with Crippen molar-refractivity contribution in [3.63, 3.8) is 0 Å². The Morgan fingerprint density at radius 1 is 1.12 bits per heavy atom. The van der Waals surface area contributed by atoms with E-state index in [9.17, 15) is 9.59 Å². The van der Waals surface area contributed by atoms with Crippen LogP contribution in [0.1, 0.15) is 53.4 Å². The first kappa shape index (κ1) is 13.4.